The molecule has 0 aliphatic carbocycles. The number of ether oxygens (including phenoxy) is 1. The first-order valence-corrected chi connectivity index (χ1v) is 11.5. The van der Waals surface area contributed by atoms with E-state index in [1.165, 1.54) is 10.9 Å². The van der Waals surface area contributed by atoms with Gasteiger partial charge in [0, 0.05) is 24.7 Å². The summed E-state index contributed by atoms with van der Waals surface area (Å²) in [6.07, 6.45) is 4.71. The largest absolute Gasteiger partial charge is 0.484 e. The highest BCUT2D eigenvalue weighted by Gasteiger charge is 2.35. The van der Waals surface area contributed by atoms with Gasteiger partial charge in [-0.3, -0.25) is 14.6 Å². The predicted molar refractivity (Wildman–Crippen MR) is 129 cm³/mol. The van der Waals surface area contributed by atoms with Crippen LogP contribution in [0, 0.1) is 5.92 Å². The summed E-state index contributed by atoms with van der Waals surface area (Å²) in [6, 6.07) is 19.6. The van der Waals surface area contributed by atoms with E-state index in [1.54, 1.807) is 26.0 Å². The number of amides is 2. The molecule has 0 bridgehead atoms. The van der Waals surface area contributed by atoms with Crippen LogP contribution in [-0.2, 0) is 16.0 Å². The van der Waals surface area contributed by atoms with Crippen molar-refractivity contribution in [3.8, 4) is 5.75 Å². The average molecular weight is 446 g/mol. The van der Waals surface area contributed by atoms with Crippen LogP contribution in [0.1, 0.15) is 32.3 Å². The van der Waals surface area contributed by atoms with Crippen molar-refractivity contribution in [2.45, 2.75) is 38.6 Å². The molecule has 1 aliphatic rings. The second kappa shape index (κ2) is 10.0. The van der Waals surface area contributed by atoms with Gasteiger partial charge in [-0.05, 0) is 68.9 Å². The lowest BCUT2D eigenvalue weighted by Gasteiger charge is -2.37. The van der Waals surface area contributed by atoms with E-state index in [-0.39, 0.29) is 18.4 Å². The van der Waals surface area contributed by atoms with E-state index in [1.807, 2.05) is 41.4 Å². The number of aromatic nitrogens is 1. The van der Waals surface area contributed by atoms with Crippen LogP contribution in [0.3, 0.4) is 0 Å². The predicted octanol–water partition coefficient (Wildman–Crippen LogP) is 3.99. The van der Waals surface area contributed by atoms with Gasteiger partial charge in [0.1, 0.15) is 11.3 Å². The summed E-state index contributed by atoms with van der Waals surface area (Å²) in [6.45, 7) is 4.79. The van der Waals surface area contributed by atoms with E-state index < -0.39 is 5.54 Å². The van der Waals surface area contributed by atoms with Crippen molar-refractivity contribution in [1.82, 2.24) is 15.2 Å². The Hall–Kier alpha value is -3.41. The smallest absolute Gasteiger partial charge is 0.258 e. The Morgan fingerprint density at radius 1 is 1.03 bits per heavy atom. The first-order valence-electron chi connectivity index (χ1n) is 11.5. The minimum absolute atomic E-state index is 0.0524. The molecular weight excluding hydrogens is 414 g/mol. The Morgan fingerprint density at radius 2 is 1.79 bits per heavy atom. The van der Waals surface area contributed by atoms with Crippen LogP contribution in [0.25, 0.3) is 10.9 Å². The molecule has 6 nitrogen and oxygen atoms in total. The molecule has 1 saturated heterocycles. The number of carbonyl (C=O) groups is 2. The Kier molecular flexibility index (Phi) is 6.92. The molecule has 0 spiro atoms. The average Bonchev–Trinajstić information content (AvgIpc) is 2.83. The van der Waals surface area contributed by atoms with Crippen molar-refractivity contribution in [3.63, 3.8) is 0 Å². The normalized spacial score (nSPS) is 14.8. The van der Waals surface area contributed by atoms with Crippen molar-refractivity contribution < 1.29 is 14.3 Å². The number of benzene rings is 2. The van der Waals surface area contributed by atoms with E-state index in [0.29, 0.717) is 24.8 Å². The molecule has 4 rings (SSSR count). The van der Waals surface area contributed by atoms with Gasteiger partial charge in [-0.15, -0.1) is 0 Å². The Labute approximate surface area is 195 Å². The lowest BCUT2D eigenvalue weighted by atomic mass is 9.88. The molecule has 0 unspecified atom stereocenters. The van der Waals surface area contributed by atoms with Crippen LogP contribution < -0.4 is 10.1 Å². The number of pyridine rings is 1. The number of carbonyl (C=O) groups excluding carboxylic acids is 2. The van der Waals surface area contributed by atoms with Crippen LogP contribution in [0.5, 0.6) is 5.75 Å². The van der Waals surface area contributed by atoms with Crippen molar-refractivity contribution in [2.24, 2.45) is 5.92 Å². The lowest BCUT2D eigenvalue weighted by Crippen LogP contribution is -2.58. The molecule has 2 aromatic carbocycles. The zero-order chi connectivity index (χ0) is 23.3. The molecule has 1 aliphatic heterocycles. The number of likely N-dealkylation sites (tertiary alicyclic amines) is 1. The number of rotatable bonds is 7. The van der Waals surface area contributed by atoms with Crippen molar-refractivity contribution in [2.75, 3.05) is 19.7 Å². The van der Waals surface area contributed by atoms with E-state index in [0.717, 1.165) is 24.8 Å². The summed E-state index contributed by atoms with van der Waals surface area (Å²) in [5.41, 5.74) is 1.36. The van der Waals surface area contributed by atoms with E-state index in [2.05, 4.69) is 28.5 Å². The summed E-state index contributed by atoms with van der Waals surface area (Å²) in [7, 11) is 0. The Bertz CT molecular complexity index is 1100. The number of para-hydroxylation sites is 1. The molecule has 3 aromatic rings. The van der Waals surface area contributed by atoms with Crippen LogP contribution in [0.2, 0.25) is 0 Å². The van der Waals surface area contributed by atoms with Gasteiger partial charge in [-0.1, -0.05) is 36.4 Å². The van der Waals surface area contributed by atoms with E-state index >= 15 is 0 Å². The SMILES string of the molecule is CC(C)(NC(=O)COc1ccccc1)C(=O)N1CCC(Cc2cccc3ncccc23)CC1. The molecule has 1 N–H and O–H groups in total. The van der Waals surface area contributed by atoms with E-state index in [4.69, 9.17) is 4.74 Å². The van der Waals surface area contributed by atoms with Gasteiger partial charge in [0.25, 0.3) is 5.91 Å². The van der Waals surface area contributed by atoms with Gasteiger partial charge in [0.15, 0.2) is 6.61 Å². The number of hydrogen-bond acceptors (Lipinski definition) is 4. The second-order valence-corrected chi connectivity index (χ2v) is 9.20. The zero-order valence-electron chi connectivity index (χ0n) is 19.3. The van der Waals surface area contributed by atoms with E-state index in [9.17, 15) is 9.59 Å². The summed E-state index contributed by atoms with van der Waals surface area (Å²) < 4.78 is 5.50. The molecule has 2 amide bonds. The number of fused-ring (bicyclic) bond motifs is 1. The van der Waals surface area contributed by atoms with Gasteiger partial charge in [-0.25, -0.2) is 0 Å². The topological polar surface area (TPSA) is 71.5 Å². The molecule has 2 heterocycles. The van der Waals surface area contributed by atoms with Crippen LogP contribution in [-0.4, -0.2) is 46.9 Å². The fourth-order valence-corrected chi connectivity index (χ4v) is 4.50. The molecule has 1 aromatic heterocycles. The molecule has 0 atom stereocenters. The number of piperidine rings is 1. The van der Waals surface area contributed by atoms with Crippen LogP contribution in [0.4, 0.5) is 0 Å². The zero-order valence-corrected chi connectivity index (χ0v) is 19.3. The highest BCUT2D eigenvalue weighted by atomic mass is 16.5. The van der Waals surface area contributed by atoms with Crippen molar-refractivity contribution in [1.29, 1.82) is 0 Å². The quantitative estimate of drug-likeness (QED) is 0.597. The molecule has 33 heavy (non-hydrogen) atoms. The Morgan fingerprint density at radius 3 is 2.55 bits per heavy atom. The van der Waals surface area contributed by atoms with Gasteiger partial charge in [0.2, 0.25) is 5.91 Å². The molecule has 1 fully saturated rings. The number of nitrogens with zero attached hydrogens (tertiary/aromatic N) is 2. The van der Waals surface area contributed by atoms with Crippen LogP contribution in [0.15, 0.2) is 66.9 Å². The first kappa shape index (κ1) is 22.8. The first-order chi connectivity index (χ1) is 15.9. The fraction of sp³-hybridized carbons (Fsp3) is 0.370. The van der Waals surface area contributed by atoms with Gasteiger partial charge in [0.05, 0.1) is 5.52 Å². The maximum atomic E-state index is 13.1. The number of nitrogens with one attached hydrogen (secondary N) is 1. The Balaban J connectivity index is 1.28. The van der Waals surface area contributed by atoms with Gasteiger partial charge in [-0.2, -0.15) is 0 Å². The summed E-state index contributed by atoms with van der Waals surface area (Å²) in [4.78, 5) is 31.8. The maximum absolute atomic E-state index is 13.1. The molecule has 172 valence electrons. The third-order valence-corrected chi connectivity index (χ3v) is 6.25. The van der Waals surface area contributed by atoms with Crippen molar-refractivity contribution >= 4 is 22.7 Å². The highest BCUT2D eigenvalue weighted by molar-refractivity contribution is 5.91. The second-order valence-electron chi connectivity index (χ2n) is 9.20. The third kappa shape index (κ3) is 5.69. The minimum atomic E-state index is -0.981. The molecular formula is C27H31N3O3. The van der Waals surface area contributed by atoms with Gasteiger partial charge >= 0.3 is 0 Å². The minimum Gasteiger partial charge on any atom is -0.484 e. The molecule has 0 radical (unpaired) electrons. The maximum Gasteiger partial charge on any atom is 0.258 e. The molecule has 6 heteroatoms. The summed E-state index contributed by atoms with van der Waals surface area (Å²) >= 11 is 0. The fourth-order valence-electron chi connectivity index (χ4n) is 4.50. The third-order valence-electron chi connectivity index (χ3n) is 6.25. The summed E-state index contributed by atoms with van der Waals surface area (Å²) in [5, 5.41) is 4.04. The summed E-state index contributed by atoms with van der Waals surface area (Å²) in [5.74, 6) is 0.790. The van der Waals surface area contributed by atoms with Gasteiger partial charge < -0.3 is 15.0 Å². The number of hydrogen-bond donors (Lipinski definition) is 1. The lowest BCUT2D eigenvalue weighted by molar-refractivity contribution is -0.142. The standard InChI is InChI=1S/C27H31N3O3/c1-27(2,29-25(31)19-33-22-9-4-3-5-10-22)26(32)30-16-13-20(14-17-30)18-21-8-6-12-24-23(21)11-7-15-28-24/h3-12,15,20H,13-14,16-19H2,1-2H3,(H,29,31). The molecule has 0 saturated carbocycles. The highest BCUT2D eigenvalue weighted by Crippen LogP contribution is 2.26. The van der Waals surface area contributed by atoms with Crippen LogP contribution >= 0.6 is 0 Å². The van der Waals surface area contributed by atoms with Crippen molar-refractivity contribution in [3.05, 3.63) is 72.4 Å². The monoisotopic (exact) mass is 445 g/mol.